The normalized spacial score (nSPS) is 21.4. The molecule has 0 saturated carbocycles. The van der Waals surface area contributed by atoms with Gasteiger partial charge < -0.3 is 0 Å². The number of allylic oxidation sites excluding steroid dienone is 3. The Kier molecular flexibility index (Phi) is 8.31. The Balaban J connectivity index is 1.45. The second-order valence-electron chi connectivity index (χ2n) is 8.65. The van der Waals surface area contributed by atoms with Crippen molar-refractivity contribution >= 4 is 6.21 Å². The van der Waals surface area contributed by atoms with E-state index in [0.717, 1.165) is 76.0 Å². The number of hydrogen-bond acceptors (Lipinski definition) is 6. The molecule has 4 heterocycles. The molecule has 0 radical (unpaired) electrons. The molecule has 0 aliphatic carbocycles. The average Bonchev–Trinajstić information content (AvgIpc) is 2.97. The smallest absolute Gasteiger partial charge is 0.0543 e. The lowest BCUT2D eigenvalue weighted by Gasteiger charge is -2.25. The van der Waals surface area contributed by atoms with Crippen molar-refractivity contribution in [3.05, 3.63) is 84.1 Å². The van der Waals surface area contributed by atoms with Gasteiger partial charge in [-0.15, -0.1) is 0 Å². The summed E-state index contributed by atoms with van der Waals surface area (Å²) in [6.45, 7) is 11.0. The molecule has 1 atom stereocenters. The van der Waals surface area contributed by atoms with Crippen molar-refractivity contribution in [2.45, 2.75) is 20.0 Å². The van der Waals surface area contributed by atoms with E-state index in [1.807, 2.05) is 30.7 Å². The van der Waals surface area contributed by atoms with E-state index in [9.17, 15) is 0 Å². The van der Waals surface area contributed by atoms with Gasteiger partial charge >= 0.3 is 0 Å². The van der Waals surface area contributed by atoms with Crippen LogP contribution in [0.25, 0.3) is 0 Å². The average molecular weight is 431 g/mol. The summed E-state index contributed by atoms with van der Waals surface area (Å²) >= 11 is 0. The molecular weight excluding hydrogens is 396 g/mol. The molecular formula is C26H34N6. The Morgan fingerprint density at radius 2 is 1.28 bits per heavy atom. The van der Waals surface area contributed by atoms with Crippen LogP contribution in [-0.2, 0) is 13.1 Å². The zero-order chi connectivity index (χ0) is 22.0. The van der Waals surface area contributed by atoms with E-state index in [-0.39, 0.29) is 0 Å². The van der Waals surface area contributed by atoms with Gasteiger partial charge in [-0.25, -0.2) is 0 Å². The van der Waals surface area contributed by atoms with E-state index >= 15 is 0 Å². The van der Waals surface area contributed by atoms with E-state index in [4.69, 9.17) is 4.99 Å². The number of hydrogen-bond donors (Lipinski definition) is 0. The first-order chi connectivity index (χ1) is 15.7. The fourth-order valence-corrected chi connectivity index (χ4v) is 4.07. The molecule has 0 spiro atoms. The van der Waals surface area contributed by atoms with E-state index in [0.29, 0.717) is 5.92 Å². The van der Waals surface area contributed by atoms with Crippen molar-refractivity contribution in [3.8, 4) is 0 Å². The molecule has 0 amide bonds. The monoisotopic (exact) mass is 430 g/mol. The minimum absolute atomic E-state index is 0.391. The maximum absolute atomic E-state index is 4.73. The first-order valence-electron chi connectivity index (χ1n) is 11.6. The third-order valence-electron chi connectivity index (χ3n) is 5.99. The van der Waals surface area contributed by atoms with Gasteiger partial charge in [-0.3, -0.25) is 29.7 Å². The van der Waals surface area contributed by atoms with Crippen LogP contribution in [-0.4, -0.2) is 76.7 Å². The maximum Gasteiger partial charge on any atom is 0.0543 e. The van der Waals surface area contributed by atoms with Crippen molar-refractivity contribution in [1.29, 1.82) is 0 Å². The summed E-state index contributed by atoms with van der Waals surface area (Å²) in [6, 6.07) is 12.3. The topological polar surface area (TPSA) is 47.9 Å². The molecule has 2 aromatic rings. The zero-order valence-corrected chi connectivity index (χ0v) is 19.1. The van der Waals surface area contributed by atoms with Gasteiger partial charge in [0.1, 0.15) is 0 Å². The highest BCUT2D eigenvalue weighted by molar-refractivity contribution is 5.65. The van der Waals surface area contributed by atoms with Crippen LogP contribution >= 0.6 is 0 Å². The SMILES string of the molecule is C[C@H]1C=CC=C(CN2CCN(Cc3ccccn3)CCN(Cc3ccccn3)CC2)N=C1. The van der Waals surface area contributed by atoms with Crippen molar-refractivity contribution in [2.24, 2.45) is 10.9 Å². The Bertz CT molecular complexity index is 855. The third kappa shape index (κ3) is 7.19. The Morgan fingerprint density at radius 1 is 0.750 bits per heavy atom. The highest BCUT2D eigenvalue weighted by Gasteiger charge is 2.18. The molecule has 1 saturated heterocycles. The fraction of sp³-hybridized carbons (Fsp3) is 0.423. The molecule has 2 aliphatic heterocycles. The van der Waals surface area contributed by atoms with Gasteiger partial charge in [0.15, 0.2) is 0 Å². The largest absolute Gasteiger partial charge is 0.295 e. The van der Waals surface area contributed by atoms with Gasteiger partial charge in [-0.05, 0) is 30.3 Å². The second-order valence-corrected chi connectivity index (χ2v) is 8.65. The van der Waals surface area contributed by atoms with Gasteiger partial charge in [-0.2, -0.15) is 0 Å². The molecule has 168 valence electrons. The highest BCUT2D eigenvalue weighted by atomic mass is 15.3. The predicted molar refractivity (Wildman–Crippen MR) is 130 cm³/mol. The van der Waals surface area contributed by atoms with Crippen molar-refractivity contribution in [2.75, 3.05) is 45.8 Å². The Morgan fingerprint density at radius 3 is 1.78 bits per heavy atom. The second kappa shape index (κ2) is 11.8. The van der Waals surface area contributed by atoms with E-state index in [1.165, 1.54) is 0 Å². The third-order valence-corrected chi connectivity index (χ3v) is 5.99. The van der Waals surface area contributed by atoms with Crippen LogP contribution in [0.5, 0.6) is 0 Å². The molecule has 6 heteroatoms. The highest BCUT2D eigenvalue weighted by Crippen LogP contribution is 2.11. The fourth-order valence-electron chi connectivity index (χ4n) is 4.07. The molecule has 2 aliphatic rings. The lowest BCUT2D eigenvalue weighted by atomic mass is 10.2. The summed E-state index contributed by atoms with van der Waals surface area (Å²) in [5, 5.41) is 0. The number of aliphatic imine (C=N–C) groups is 1. The molecule has 0 unspecified atom stereocenters. The van der Waals surface area contributed by atoms with Gasteiger partial charge in [0.25, 0.3) is 0 Å². The zero-order valence-electron chi connectivity index (χ0n) is 19.1. The van der Waals surface area contributed by atoms with Crippen LogP contribution in [0, 0.1) is 5.92 Å². The van der Waals surface area contributed by atoms with Crippen molar-refractivity contribution in [1.82, 2.24) is 24.7 Å². The molecule has 2 aromatic heterocycles. The molecule has 32 heavy (non-hydrogen) atoms. The van der Waals surface area contributed by atoms with Crippen LogP contribution < -0.4 is 0 Å². The van der Waals surface area contributed by atoms with Gasteiger partial charge in [0.2, 0.25) is 0 Å². The Hall–Kier alpha value is -2.67. The summed E-state index contributed by atoms with van der Waals surface area (Å²) in [5.74, 6) is 0.391. The van der Waals surface area contributed by atoms with Gasteiger partial charge in [0.05, 0.1) is 17.1 Å². The van der Waals surface area contributed by atoms with E-state index < -0.39 is 0 Å². The molecule has 4 rings (SSSR count). The van der Waals surface area contributed by atoms with Gasteiger partial charge in [0, 0.05) is 83.4 Å². The summed E-state index contributed by atoms with van der Waals surface area (Å²) in [5.41, 5.74) is 3.40. The van der Waals surface area contributed by atoms with E-state index in [2.05, 4.69) is 74.1 Å². The minimum Gasteiger partial charge on any atom is -0.295 e. The summed E-state index contributed by atoms with van der Waals surface area (Å²) < 4.78 is 0. The Labute approximate surface area is 192 Å². The van der Waals surface area contributed by atoms with Crippen molar-refractivity contribution < 1.29 is 0 Å². The quantitative estimate of drug-likeness (QED) is 0.704. The van der Waals surface area contributed by atoms with Crippen LogP contribution in [0.3, 0.4) is 0 Å². The standard InChI is InChI=1S/C26H34N6/c1-23-7-6-10-26(29-19-23)22-32-17-15-30(20-24-8-2-4-11-27-24)13-14-31(16-18-32)21-25-9-3-5-12-28-25/h2-12,19,23H,13-18,20-22H2,1H3/t23-/m0/s1. The maximum atomic E-state index is 4.73. The number of rotatable bonds is 6. The summed E-state index contributed by atoms with van der Waals surface area (Å²) in [4.78, 5) is 21.4. The molecule has 1 fully saturated rings. The lowest BCUT2D eigenvalue weighted by Crippen LogP contribution is -2.37. The summed E-state index contributed by atoms with van der Waals surface area (Å²) in [7, 11) is 0. The van der Waals surface area contributed by atoms with Gasteiger partial charge in [-0.1, -0.05) is 31.2 Å². The molecule has 0 aromatic carbocycles. The predicted octanol–water partition coefficient (Wildman–Crippen LogP) is 3.26. The minimum atomic E-state index is 0.391. The molecule has 0 N–H and O–H groups in total. The molecule has 6 nitrogen and oxygen atoms in total. The number of nitrogens with zero attached hydrogens (tertiary/aromatic N) is 6. The lowest BCUT2D eigenvalue weighted by molar-refractivity contribution is 0.207. The number of aromatic nitrogens is 2. The molecule has 0 bridgehead atoms. The van der Waals surface area contributed by atoms with Crippen molar-refractivity contribution in [3.63, 3.8) is 0 Å². The van der Waals surface area contributed by atoms with E-state index in [1.54, 1.807) is 0 Å². The first kappa shape index (κ1) is 22.5. The van der Waals surface area contributed by atoms with Crippen LogP contribution in [0.1, 0.15) is 18.3 Å². The van der Waals surface area contributed by atoms with Crippen LogP contribution in [0.4, 0.5) is 0 Å². The number of pyridine rings is 2. The first-order valence-corrected chi connectivity index (χ1v) is 11.6. The summed E-state index contributed by atoms with van der Waals surface area (Å²) in [6.07, 6.45) is 12.3. The van der Waals surface area contributed by atoms with Crippen LogP contribution in [0.2, 0.25) is 0 Å². The van der Waals surface area contributed by atoms with Crippen LogP contribution in [0.15, 0.2) is 77.7 Å².